The first kappa shape index (κ1) is 19.9. The number of aromatic nitrogens is 2. The first-order valence-electron chi connectivity index (χ1n) is 6.46. The van der Waals surface area contributed by atoms with Gasteiger partial charge in [0.15, 0.2) is 5.82 Å². The molecular weight excluding hydrogens is 437 g/mol. The van der Waals surface area contributed by atoms with E-state index < -0.39 is 7.59 Å². The molecule has 0 fully saturated rings. The van der Waals surface area contributed by atoms with Crippen LogP contribution in [0.3, 0.4) is 0 Å². The van der Waals surface area contributed by atoms with Crippen LogP contribution < -0.4 is 4.74 Å². The summed E-state index contributed by atoms with van der Waals surface area (Å²) in [4.78, 5) is 8.36. The third-order valence-corrected chi connectivity index (χ3v) is 4.04. The molecule has 2 aromatic rings. The quantitative estimate of drug-likeness (QED) is 0.518. The van der Waals surface area contributed by atoms with E-state index in [4.69, 9.17) is 74.3 Å². The number of nitrogens with zero attached hydrogens (tertiary/aromatic N) is 2. The molecule has 0 N–H and O–H groups in total. The van der Waals surface area contributed by atoms with Gasteiger partial charge in [0, 0.05) is 5.56 Å². The van der Waals surface area contributed by atoms with Gasteiger partial charge in [-0.3, -0.25) is 0 Å². The fraction of sp³-hybridized carbons (Fsp3) is 0.200. The number of para-hydroxylation sites is 1. The first-order chi connectivity index (χ1) is 11.1. The van der Waals surface area contributed by atoms with Gasteiger partial charge >= 0.3 is 0 Å². The van der Waals surface area contributed by atoms with E-state index >= 15 is 0 Å². The molecule has 3 nitrogen and oxygen atoms in total. The molecule has 0 aliphatic rings. The second-order valence-corrected chi connectivity index (χ2v) is 9.13. The summed E-state index contributed by atoms with van der Waals surface area (Å²) in [6.45, 7) is 0. The predicted octanol–water partition coefficient (Wildman–Crippen LogP) is 6.31. The van der Waals surface area contributed by atoms with E-state index in [1.807, 2.05) is 24.3 Å². The van der Waals surface area contributed by atoms with Crippen LogP contribution in [-0.2, 0) is 7.59 Å². The predicted molar refractivity (Wildman–Crippen MR) is 102 cm³/mol. The van der Waals surface area contributed by atoms with E-state index in [-0.39, 0.29) is 17.2 Å². The van der Waals surface area contributed by atoms with Gasteiger partial charge in [0.25, 0.3) is 0 Å². The van der Waals surface area contributed by atoms with E-state index in [0.717, 1.165) is 5.56 Å². The molecule has 24 heavy (non-hydrogen) atoms. The van der Waals surface area contributed by atoms with Crippen molar-refractivity contribution in [3.05, 3.63) is 53.1 Å². The summed E-state index contributed by atoms with van der Waals surface area (Å²) < 4.78 is 1.72. The summed E-state index contributed by atoms with van der Waals surface area (Å²) >= 11 is 35.3. The van der Waals surface area contributed by atoms with Gasteiger partial charge in [-0.05, 0) is 24.3 Å². The van der Waals surface area contributed by atoms with E-state index in [1.165, 1.54) is 6.07 Å². The van der Waals surface area contributed by atoms with Crippen LogP contribution in [0, 0.1) is 0 Å². The van der Waals surface area contributed by atoms with Gasteiger partial charge in [-0.2, -0.15) is 0 Å². The molecule has 0 aliphatic heterocycles. The molecule has 128 valence electrons. The van der Waals surface area contributed by atoms with Crippen molar-refractivity contribution in [1.82, 2.24) is 9.97 Å². The van der Waals surface area contributed by atoms with Crippen LogP contribution >= 0.6 is 69.6 Å². The van der Waals surface area contributed by atoms with Gasteiger partial charge in [-0.25, -0.2) is 9.97 Å². The zero-order chi connectivity index (χ0) is 18.0. The molecule has 0 atom stereocenters. The van der Waals surface area contributed by atoms with Gasteiger partial charge in [0.1, 0.15) is 5.75 Å². The van der Waals surface area contributed by atoms with Crippen molar-refractivity contribution in [1.29, 1.82) is 0 Å². The molecule has 1 aromatic heterocycles. The molecule has 0 bridgehead atoms. The molecule has 0 unspecified atom stereocenters. The smallest absolute Gasteiger partial charge is 0.232 e. The molecular formula is C15H10Cl6N2O. The molecule has 0 amide bonds. The first-order valence-corrected chi connectivity index (χ1v) is 8.72. The Morgan fingerprint density at radius 1 is 0.875 bits per heavy atom. The Hall–Kier alpha value is -0.420. The SMILES string of the molecule is COc1ccccc1C=Cc1nc(C(Cl)(Cl)Cl)cc(C(Cl)(Cl)Cl)n1. The van der Waals surface area contributed by atoms with Gasteiger partial charge in [-0.1, -0.05) is 87.8 Å². The average molecular weight is 447 g/mol. The lowest BCUT2D eigenvalue weighted by Crippen LogP contribution is -2.12. The fourth-order valence-electron chi connectivity index (χ4n) is 1.80. The van der Waals surface area contributed by atoms with Crippen LogP contribution in [0.15, 0.2) is 30.3 Å². The van der Waals surface area contributed by atoms with Gasteiger partial charge in [0.05, 0.1) is 18.5 Å². The molecule has 1 aromatic carbocycles. The van der Waals surface area contributed by atoms with Crippen molar-refractivity contribution >= 4 is 81.8 Å². The Morgan fingerprint density at radius 2 is 1.42 bits per heavy atom. The topological polar surface area (TPSA) is 35.0 Å². The lowest BCUT2D eigenvalue weighted by Gasteiger charge is -2.16. The minimum absolute atomic E-state index is 0.100. The van der Waals surface area contributed by atoms with Crippen LogP contribution in [0.1, 0.15) is 22.8 Å². The zero-order valence-corrected chi connectivity index (χ0v) is 16.6. The number of ether oxygens (including phenoxy) is 1. The maximum Gasteiger partial charge on any atom is 0.232 e. The fourth-order valence-corrected chi connectivity index (χ4v) is 2.38. The number of hydrogen-bond donors (Lipinski definition) is 0. The Balaban J connectivity index is 2.48. The third kappa shape index (κ3) is 5.29. The Bertz CT molecular complexity index is 720. The van der Waals surface area contributed by atoms with Crippen molar-refractivity contribution in [3.63, 3.8) is 0 Å². The molecule has 0 saturated heterocycles. The number of methoxy groups -OCH3 is 1. The maximum absolute atomic E-state index is 5.88. The summed E-state index contributed by atoms with van der Waals surface area (Å²) in [5.41, 5.74) is 1.02. The molecule has 0 spiro atoms. The van der Waals surface area contributed by atoms with Crippen molar-refractivity contribution in [2.24, 2.45) is 0 Å². The van der Waals surface area contributed by atoms with Crippen molar-refractivity contribution < 1.29 is 4.74 Å². The van der Waals surface area contributed by atoms with Crippen LogP contribution in [0.2, 0.25) is 0 Å². The number of alkyl halides is 6. The number of rotatable bonds is 3. The van der Waals surface area contributed by atoms with Crippen LogP contribution in [0.5, 0.6) is 5.75 Å². The highest BCUT2D eigenvalue weighted by Crippen LogP contribution is 2.42. The summed E-state index contributed by atoms with van der Waals surface area (Å²) in [5.74, 6) is 0.916. The van der Waals surface area contributed by atoms with Crippen molar-refractivity contribution in [2.75, 3.05) is 7.11 Å². The Kier molecular flexibility index (Phi) is 6.52. The van der Waals surface area contributed by atoms with Crippen LogP contribution in [-0.4, -0.2) is 17.1 Å². The van der Waals surface area contributed by atoms with E-state index in [0.29, 0.717) is 5.75 Å². The van der Waals surface area contributed by atoms with Crippen molar-refractivity contribution in [2.45, 2.75) is 7.59 Å². The molecule has 0 radical (unpaired) electrons. The number of hydrogen-bond acceptors (Lipinski definition) is 3. The monoisotopic (exact) mass is 444 g/mol. The normalized spacial score (nSPS) is 12.6. The van der Waals surface area contributed by atoms with E-state index in [1.54, 1.807) is 19.3 Å². The molecule has 9 heteroatoms. The Labute approximate surface area is 169 Å². The summed E-state index contributed by atoms with van der Waals surface area (Å²) in [6.07, 6.45) is 3.36. The summed E-state index contributed by atoms with van der Waals surface area (Å²) in [6, 6.07) is 8.75. The minimum atomic E-state index is -1.78. The standard InChI is InChI=1S/C15H10Cl6N2O/c1-24-10-5-3-2-4-9(10)6-7-13-22-11(14(16,17)18)8-12(23-13)15(19,20)21/h2-8H,1H3. The van der Waals surface area contributed by atoms with Gasteiger partial charge in [0.2, 0.25) is 7.59 Å². The average Bonchev–Trinajstić information content (AvgIpc) is 2.51. The van der Waals surface area contributed by atoms with Crippen molar-refractivity contribution in [3.8, 4) is 5.75 Å². The highest BCUT2D eigenvalue weighted by atomic mass is 35.6. The van der Waals surface area contributed by atoms with Gasteiger partial charge in [-0.15, -0.1) is 0 Å². The molecule has 0 saturated carbocycles. The zero-order valence-electron chi connectivity index (χ0n) is 12.1. The molecule has 1 heterocycles. The number of halogens is 6. The maximum atomic E-state index is 5.88. The second kappa shape index (κ2) is 7.86. The Morgan fingerprint density at radius 3 is 1.92 bits per heavy atom. The second-order valence-electron chi connectivity index (χ2n) is 4.57. The molecule has 2 rings (SSSR count). The third-order valence-electron chi connectivity index (χ3n) is 2.88. The van der Waals surface area contributed by atoms with E-state index in [2.05, 4.69) is 9.97 Å². The number of benzene rings is 1. The van der Waals surface area contributed by atoms with E-state index in [9.17, 15) is 0 Å². The summed E-state index contributed by atoms with van der Waals surface area (Å²) in [5, 5.41) is 0. The van der Waals surface area contributed by atoms with Crippen LogP contribution in [0.25, 0.3) is 12.2 Å². The lowest BCUT2D eigenvalue weighted by atomic mass is 10.2. The highest BCUT2D eigenvalue weighted by Gasteiger charge is 2.31. The minimum Gasteiger partial charge on any atom is -0.496 e. The largest absolute Gasteiger partial charge is 0.496 e. The molecule has 0 aliphatic carbocycles. The summed E-state index contributed by atoms with van der Waals surface area (Å²) in [7, 11) is 1.58. The van der Waals surface area contributed by atoms with Gasteiger partial charge < -0.3 is 4.74 Å². The highest BCUT2D eigenvalue weighted by molar-refractivity contribution is 6.67. The van der Waals surface area contributed by atoms with Crippen LogP contribution in [0.4, 0.5) is 0 Å². The lowest BCUT2D eigenvalue weighted by molar-refractivity contribution is 0.414.